The van der Waals surface area contributed by atoms with Crippen molar-refractivity contribution in [2.75, 3.05) is 24.9 Å². The summed E-state index contributed by atoms with van der Waals surface area (Å²) in [5, 5.41) is 30.9. The van der Waals surface area contributed by atoms with Gasteiger partial charge in [-0.25, -0.2) is 0 Å². The van der Waals surface area contributed by atoms with Crippen molar-refractivity contribution in [2.24, 2.45) is 0 Å². The molecule has 3 aromatic rings. The van der Waals surface area contributed by atoms with Crippen LogP contribution in [-0.2, 0) is 16.0 Å². The molecule has 9 nitrogen and oxygen atoms in total. The highest BCUT2D eigenvalue weighted by atomic mass is 16.8. The number of hydrogen-bond donors (Lipinski definition) is 3. The number of fused-ring (bicyclic) bond motifs is 4. The van der Waals surface area contributed by atoms with Gasteiger partial charge in [-0.1, -0.05) is 30.3 Å². The van der Waals surface area contributed by atoms with Crippen LogP contribution in [0.3, 0.4) is 0 Å². The minimum atomic E-state index is -0.717. The van der Waals surface area contributed by atoms with Crippen molar-refractivity contribution in [3.63, 3.8) is 0 Å². The lowest BCUT2D eigenvalue weighted by molar-refractivity contribution is -0.159. The first-order chi connectivity index (χ1) is 15.0. The molecule has 2 aliphatic heterocycles. The van der Waals surface area contributed by atoms with Crippen molar-refractivity contribution in [3.05, 3.63) is 70.6 Å². The number of aliphatic hydroxyl groups is 1. The highest BCUT2D eigenvalue weighted by Crippen LogP contribution is 2.43. The molecule has 2 aliphatic rings. The van der Waals surface area contributed by atoms with Crippen LogP contribution < -0.4 is 5.23 Å². The number of carbonyl (C=O) groups excluding carboxylic acids is 2. The zero-order valence-electron chi connectivity index (χ0n) is 16.6. The van der Waals surface area contributed by atoms with Crippen molar-refractivity contribution in [1.82, 2.24) is 14.8 Å². The molecule has 0 radical (unpaired) electrons. The molecule has 0 aliphatic carbocycles. The molecule has 1 fully saturated rings. The second kappa shape index (κ2) is 7.38. The monoisotopic (exact) mass is 421 g/mol. The van der Waals surface area contributed by atoms with Crippen LogP contribution in [0.1, 0.15) is 22.9 Å². The van der Waals surface area contributed by atoms with Crippen molar-refractivity contribution in [2.45, 2.75) is 18.5 Å². The van der Waals surface area contributed by atoms with Gasteiger partial charge < -0.3 is 30.3 Å². The van der Waals surface area contributed by atoms with E-state index in [1.165, 1.54) is 17.0 Å². The Hall–Kier alpha value is -3.40. The maximum absolute atomic E-state index is 13.2. The molecule has 1 aromatic heterocycles. The molecule has 0 spiro atoms. The Morgan fingerprint density at radius 3 is 2.74 bits per heavy atom. The molecule has 9 heteroatoms. The molecule has 0 saturated carbocycles. The molecule has 3 N–H and O–H groups in total. The zero-order chi connectivity index (χ0) is 21.7. The minimum absolute atomic E-state index is 0.0370. The van der Waals surface area contributed by atoms with Crippen molar-refractivity contribution < 1.29 is 19.9 Å². The highest BCUT2D eigenvalue weighted by Gasteiger charge is 2.48. The van der Waals surface area contributed by atoms with E-state index in [9.17, 15) is 25.1 Å². The van der Waals surface area contributed by atoms with Crippen LogP contribution in [0.15, 0.2) is 48.5 Å². The number of benzene rings is 2. The van der Waals surface area contributed by atoms with Gasteiger partial charge in [0.2, 0.25) is 11.8 Å². The number of carbonyl (C=O) groups is 2. The first kappa shape index (κ1) is 19.6. The highest BCUT2D eigenvalue weighted by molar-refractivity contribution is 5.97. The molecular weight excluding hydrogens is 400 g/mol. The standard InChI is InChI=1S/C22H21N4O5/c27-9-8-24-12-19(28)25-18(22(24)29)11-16-15-6-1-2-7-17(15)23-20(16)21(25)13-4-3-5-14(10-13)26(30)31/h1-7,10,18,21,23,27,30H,8-9,11-12H2/q-1/t18-,21?/m0/s1. The smallest absolute Gasteiger partial charge is 0.246 e. The van der Waals surface area contributed by atoms with Gasteiger partial charge in [-0.3, -0.25) is 14.8 Å². The molecule has 2 amide bonds. The van der Waals surface area contributed by atoms with Crippen LogP contribution in [0, 0.1) is 5.21 Å². The Bertz CT molecular complexity index is 1170. The number of aliphatic hydroxyl groups excluding tert-OH is 1. The Morgan fingerprint density at radius 2 is 1.97 bits per heavy atom. The third-order valence-corrected chi connectivity index (χ3v) is 6.12. The number of nitrogens with zero attached hydrogens (tertiary/aromatic N) is 3. The molecule has 0 bridgehead atoms. The number of nitrogens with one attached hydrogen (secondary N) is 1. The lowest BCUT2D eigenvalue weighted by Crippen LogP contribution is -2.63. The van der Waals surface area contributed by atoms with Crippen molar-refractivity contribution >= 4 is 28.4 Å². The summed E-state index contributed by atoms with van der Waals surface area (Å²) in [6.45, 7) is -0.230. The summed E-state index contributed by atoms with van der Waals surface area (Å²) in [5.74, 6) is -0.445. The molecule has 160 valence electrons. The van der Waals surface area contributed by atoms with E-state index < -0.39 is 12.1 Å². The fourth-order valence-corrected chi connectivity index (χ4v) is 4.79. The maximum Gasteiger partial charge on any atom is 0.246 e. The van der Waals surface area contributed by atoms with E-state index in [1.807, 2.05) is 24.3 Å². The van der Waals surface area contributed by atoms with Gasteiger partial charge in [-0.05, 0) is 29.3 Å². The quantitative estimate of drug-likeness (QED) is 0.549. The van der Waals surface area contributed by atoms with E-state index in [0.29, 0.717) is 12.0 Å². The van der Waals surface area contributed by atoms with E-state index >= 15 is 0 Å². The van der Waals surface area contributed by atoms with Crippen LogP contribution in [-0.4, -0.2) is 62.7 Å². The van der Waals surface area contributed by atoms with E-state index in [2.05, 4.69) is 4.98 Å². The van der Waals surface area contributed by atoms with Gasteiger partial charge in [0.25, 0.3) is 0 Å². The number of hydrogen-bond acceptors (Lipinski definition) is 6. The second-order valence-corrected chi connectivity index (χ2v) is 7.84. The second-order valence-electron chi connectivity index (χ2n) is 7.84. The average Bonchev–Trinajstić information content (AvgIpc) is 3.14. The topological polar surface area (TPSA) is 123 Å². The van der Waals surface area contributed by atoms with E-state index in [-0.39, 0.29) is 42.4 Å². The van der Waals surface area contributed by atoms with Crippen LogP contribution in [0.4, 0.5) is 5.69 Å². The van der Waals surface area contributed by atoms with Crippen LogP contribution >= 0.6 is 0 Å². The van der Waals surface area contributed by atoms with Crippen LogP contribution in [0.5, 0.6) is 0 Å². The number of para-hydroxylation sites is 1. The van der Waals surface area contributed by atoms with Crippen molar-refractivity contribution in [3.8, 4) is 0 Å². The molecule has 3 heterocycles. The summed E-state index contributed by atoms with van der Waals surface area (Å²) in [7, 11) is 0. The summed E-state index contributed by atoms with van der Waals surface area (Å²) in [5.41, 5.74) is 3.29. The Labute approximate surface area is 177 Å². The molecule has 2 atom stereocenters. The van der Waals surface area contributed by atoms with Gasteiger partial charge in [-0.15, -0.1) is 0 Å². The van der Waals surface area contributed by atoms with Gasteiger partial charge >= 0.3 is 0 Å². The summed E-state index contributed by atoms with van der Waals surface area (Å²) >= 11 is 0. The lowest BCUT2D eigenvalue weighted by atomic mass is 9.86. The molecule has 2 aromatic carbocycles. The Morgan fingerprint density at radius 1 is 1.16 bits per heavy atom. The first-order valence-electron chi connectivity index (χ1n) is 10.1. The third-order valence-electron chi connectivity index (χ3n) is 6.12. The van der Waals surface area contributed by atoms with E-state index in [4.69, 9.17) is 0 Å². The molecule has 5 rings (SSSR count). The Balaban J connectivity index is 1.71. The molecule has 1 unspecified atom stereocenters. The normalized spacial score (nSPS) is 20.7. The lowest BCUT2D eigenvalue weighted by Gasteiger charge is -2.47. The maximum atomic E-state index is 13.2. The summed E-state index contributed by atoms with van der Waals surface area (Å²) in [6.07, 6.45) is 0.357. The molecular formula is C22H21N4O5-. The number of H-pyrrole nitrogens is 1. The number of anilines is 1. The summed E-state index contributed by atoms with van der Waals surface area (Å²) in [6, 6.07) is 12.8. The fraction of sp³-hybridized carbons (Fsp3) is 0.273. The number of piperazine rings is 1. The number of aromatic amines is 1. The Kier molecular flexibility index (Phi) is 4.66. The van der Waals surface area contributed by atoms with Gasteiger partial charge in [0.1, 0.15) is 6.04 Å². The third kappa shape index (κ3) is 3.05. The zero-order valence-corrected chi connectivity index (χ0v) is 16.6. The number of aromatic nitrogens is 1. The van der Waals surface area contributed by atoms with Crippen LogP contribution in [0.2, 0.25) is 0 Å². The predicted molar refractivity (Wildman–Crippen MR) is 112 cm³/mol. The number of β-amino-alcohol motifs (C(OH)–C–C–N with tert-alkyl or cyclic N) is 1. The summed E-state index contributed by atoms with van der Waals surface area (Å²) in [4.78, 5) is 32.8. The van der Waals surface area contributed by atoms with Crippen LogP contribution in [0.25, 0.3) is 10.9 Å². The number of rotatable bonds is 4. The number of amides is 2. The first-order valence-corrected chi connectivity index (χ1v) is 10.1. The van der Waals surface area contributed by atoms with Gasteiger partial charge in [-0.2, -0.15) is 0 Å². The van der Waals surface area contributed by atoms with E-state index in [1.54, 1.807) is 17.0 Å². The minimum Gasteiger partial charge on any atom is -0.733 e. The largest absolute Gasteiger partial charge is 0.733 e. The van der Waals surface area contributed by atoms with Gasteiger partial charge in [0.05, 0.1) is 24.9 Å². The van der Waals surface area contributed by atoms with Crippen molar-refractivity contribution in [1.29, 1.82) is 0 Å². The van der Waals surface area contributed by atoms with Gasteiger partial charge in [0.15, 0.2) is 0 Å². The molecule has 1 saturated heterocycles. The van der Waals surface area contributed by atoms with Gasteiger partial charge in [0, 0.05) is 29.6 Å². The van der Waals surface area contributed by atoms with E-state index in [0.717, 1.165) is 22.2 Å². The summed E-state index contributed by atoms with van der Waals surface area (Å²) < 4.78 is 0. The predicted octanol–water partition coefficient (Wildman–Crippen LogP) is 1.54. The SMILES string of the molecule is O=C1[C@@H]2Cc3c([nH]c4ccccc34)C(c3cccc(N([O-])O)c3)N2C(=O)CN1CCO. The average molecular weight is 421 g/mol. The fourth-order valence-electron chi connectivity index (χ4n) is 4.79. The molecule has 31 heavy (non-hydrogen) atoms.